The van der Waals surface area contributed by atoms with Gasteiger partial charge in [-0.3, -0.25) is 14.4 Å². The van der Waals surface area contributed by atoms with E-state index >= 15 is 0 Å². The molecule has 0 saturated heterocycles. The molecule has 0 aliphatic carbocycles. The Balaban J connectivity index is 1.44. The van der Waals surface area contributed by atoms with Gasteiger partial charge in [0.1, 0.15) is 5.70 Å². The molecule has 6 nitrogen and oxygen atoms in total. The number of benzene rings is 4. The first-order valence-corrected chi connectivity index (χ1v) is 13.9. The fraction of sp³-hybridized carbons (Fsp3) is 0.0645. The highest BCUT2D eigenvalue weighted by Gasteiger charge is 2.15. The number of amides is 3. The molecule has 3 amide bonds. The molecule has 0 saturated carbocycles. The average molecular weight is 601 g/mol. The van der Waals surface area contributed by atoms with Gasteiger partial charge < -0.3 is 16.0 Å². The van der Waals surface area contributed by atoms with Crippen LogP contribution in [0.1, 0.15) is 21.5 Å². The molecule has 0 bridgehead atoms. The van der Waals surface area contributed by atoms with Gasteiger partial charge in [-0.15, -0.1) is 11.8 Å². The number of hydrogen-bond acceptors (Lipinski definition) is 4. The molecular formula is C31H26BrN3O3S. The van der Waals surface area contributed by atoms with Crippen LogP contribution in [0.5, 0.6) is 0 Å². The molecule has 0 radical (unpaired) electrons. The Morgan fingerprint density at radius 2 is 1.51 bits per heavy atom. The predicted molar refractivity (Wildman–Crippen MR) is 162 cm³/mol. The van der Waals surface area contributed by atoms with Crippen LogP contribution in [0.2, 0.25) is 0 Å². The minimum atomic E-state index is -0.463. The largest absolute Gasteiger partial charge is 0.325 e. The predicted octanol–water partition coefficient (Wildman–Crippen LogP) is 6.90. The second kappa shape index (κ2) is 13.6. The van der Waals surface area contributed by atoms with Gasteiger partial charge in [-0.05, 0) is 73.2 Å². The van der Waals surface area contributed by atoms with Crippen molar-refractivity contribution in [2.24, 2.45) is 0 Å². The van der Waals surface area contributed by atoms with E-state index in [1.54, 1.807) is 48.5 Å². The number of nitrogens with one attached hydrogen (secondary N) is 3. The lowest BCUT2D eigenvalue weighted by Crippen LogP contribution is -2.30. The van der Waals surface area contributed by atoms with Gasteiger partial charge in [-0.2, -0.15) is 0 Å². The lowest BCUT2D eigenvalue weighted by Gasteiger charge is -2.12. The zero-order chi connectivity index (χ0) is 27.6. The van der Waals surface area contributed by atoms with Gasteiger partial charge >= 0.3 is 0 Å². The summed E-state index contributed by atoms with van der Waals surface area (Å²) in [6, 6.07) is 30.9. The normalized spacial score (nSPS) is 11.0. The van der Waals surface area contributed by atoms with Crippen LogP contribution >= 0.6 is 27.7 Å². The lowest BCUT2D eigenvalue weighted by atomic mass is 10.1. The lowest BCUT2D eigenvalue weighted by molar-refractivity contribution is -0.114. The first-order valence-electron chi connectivity index (χ1n) is 12.1. The third-order valence-corrected chi connectivity index (χ3v) is 7.03. The van der Waals surface area contributed by atoms with Crippen molar-refractivity contribution >= 4 is 62.9 Å². The zero-order valence-corrected chi connectivity index (χ0v) is 23.5. The van der Waals surface area contributed by atoms with E-state index in [-0.39, 0.29) is 23.3 Å². The fourth-order valence-corrected chi connectivity index (χ4v) is 4.53. The van der Waals surface area contributed by atoms with Crippen LogP contribution in [-0.4, -0.2) is 23.5 Å². The number of thioether (sulfide) groups is 1. The first kappa shape index (κ1) is 27.9. The summed E-state index contributed by atoms with van der Waals surface area (Å²) in [5.74, 6) is -0.775. The fourth-order valence-electron chi connectivity index (χ4n) is 3.51. The smallest absolute Gasteiger partial charge is 0.272 e. The van der Waals surface area contributed by atoms with E-state index in [0.29, 0.717) is 11.3 Å². The molecule has 0 fully saturated rings. The minimum Gasteiger partial charge on any atom is -0.325 e. The van der Waals surface area contributed by atoms with Gasteiger partial charge in [0.15, 0.2) is 0 Å². The molecule has 39 heavy (non-hydrogen) atoms. The number of carbonyl (C=O) groups is 3. The number of hydrogen-bond donors (Lipinski definition) is 3. The molecule has 0 atom stereocenters. The number of rotatable bonds is 9. The summed E-state index contributed by atoms with van der Waals surface area (Å²) in [7, 11) is 0. The van der Waals surface area contributed by atoms with Gasteiger partial charge in [0, 0.05) is 26.3 Å². The Hall–Kier alpha value is -4.14. The Morgan fingerprint density at radius 3 is 2.23 bits per heavy atom. The van der Waals surface area contributed by atoms with Gasteiger partial charge in [-0.25, -0.2) is 0 Å². The minimum absolute atomic E-state index is 0.111. The van der Waals surface area contributed by atoms with Crippen LogP contribution in [0.15, 0.2) is 118 Å². The van der Waals surface area contributed by atoms with E-state index in [0.717, 1.165) is 26.2 Å². The number of carbonyl (C=O) groups excluding carboxylic acids is 3. The molecule has 4 aromatic carbocycles. The molecule has 0 aliphatic heterocycles. The summed E-state index contributed by atoms with van der Waals surface area (Å²) in [5, 5.41) is 8.47. The summed E-state index contributed by atoms with van der Waals surface area (Å²) in [6.45, 7) is 1.98. The van der Waals surface area contributed by atoms with Crippen LogP contribution in [0.25, 0.3) is 6.08 Å². The van der Waals surface area contributed by atoms with Gasteiger partial charge in [0.2, 0.25) is 5.91 Å². The van der Waals surface area contributed by atoms with Crippen molar-refractivity contribution < 1.29 is 14.4 Å². The monoisotopic (exact) mass is 599 g/mol. The molecule has 0 unspecified atom stereocenters. The molecule has 196 valence electrons. The van der Waals surface area contributed by atoms with Crippen molar-refractivity contribution in [1.82, 2.24) is 5.32 Å². The Kier molecular flexibility index (Phi) is 9.72. The number of anilines is 2. The number of halogens is 1. The second-order valence-corrected chi connectivity index (χ2v) is 10.6. The third kappa shape index (κ3) is 8.70. The van der Waals surface area contributed by atoms with Gasteiger partial charge in [0.25, 0.3) is 11.8 Å². The standard InChI is InChI=1S/C31H26BrN3O3S/c1-21-10-12-22(13-11-21)18-28(35-30(37)23-6-3-2-4-7-23)31(38)34-26-8-5-9-27(19-26)39-20-29(36)33-25-16-14-24(32)15-17-25/h2-19H,20H2,1H3,(H,33,36)(H,34,38)(H,35,37)/b28-18-. The van der Waals surface area contributed by atoms with E-state index in [1.807, 2.05) is 67.6 Å². The Labute approximate surface area is 240 Å². The van der Waals surface area contributed by atoms with E-state index in [2.05, 4.69) is 31.9 Å². The molecule has 8 heteroatoms. The Morgan fingerprint density at radius 1 is 0.795 bits per heavy atom. The maximum atomic E-state index is 13.3. The van der Waals surface area contributed by atoms with Crippen LogP contribution < -0.4 is 16.0 Å². The summed E-state index contributed by atoms with van der Waals surface area (Å²) in [5.41, 5.74) is 3.68. The third-order valence-electron chi connectivity index (χ3n) is 5.51. The Bertz CT molecular complexity index is 1490. The van der Waals surface area contributed by atoms with Crippen molar-refractivity contribution in [2.45, 2.75) is 11.8 Å². The zero-order valence-electron chi connectivity index (χ0n) is 21.1. The van der Waals surface area contributed by atoms with Gasteiger partial charge in [-0.1, -0.05) is 70.0 Å². The molecule has 0 spiro atoms. The summed E-state index contributed by atoms with van der Waals surface area (Å²) in [4.78, 5) is 39.3. The SMILES string of the molecule is Cc1ccc(/C=C(\NC(=O)c2ccccc2)C(=O)Nc2cccc(SCC(=O)Nc3ccc(Br)cc3)c2)cc1. The molecule has 0 heterocycles. The van der Waals surface area contributed by atoms with Crippen LogP contribution in [-0.2, 0) is 9.59 Å². The quantitative estimate of drug-likeness (QED) is 0.144. The van der Waals surface area contributed by atoms with Crippen LogP contribution in [0.4, 0.5) is 11.4 Å². The maximum Gasteiger partial charge on any atom is 0.272 e. The van der Waals surface area contributed by atoms with Crippen LogP contribution in [0, 0.1) is 6.92 Å². The van der Waals surface area contributed by atoms with E-state index in [1.165, 1.54) is 11.8 Å². The van der Waals surface area contributed by atoms with Crippen LogP contribution in [0.3, 0.4) is 0 Å². The molecule has 3 N–H and O–H groups in total. The molecule has 0 aromatic heterocycles. The van der Waals surface area contributed by atoms with E-state index in [9.17, 15) is 14.4 Å². The molecule has 0 aliphatic rings. The molecular weight excluding hydrogens is 574 g/mol. The van der Waals surface area contributed by atoms with Crippen molar-refractivity contribution in [3.05, 3.63) is 130 Å². The van der Waals surface area contributed by atoms with E-state index in [4.69, 9.17) is 0 Å². The molecule has 4 aromatic rings. The van der Waals surface area contributed by atoms with Gasteiger partial charge in [0.05, 0.1) is 5.75 Å². The summed E-state index contributed by atoms with van der Waals surface area (Å²) >= 11 is 4.73. The summed E-state index contributed by atoms with van der Waals surface area (Å²) in [6.07, 6.45) is 1.64. The molecule has 4 rings (SSSR count). The highest BCUT2D eigenvalue weighted by molar-refractivity contribution is 9.10. The van der Waals surface area contributed by atoms with Crippen molar-refractivity contribution in [3.8, 4) is 0 Å². The van der Waals surface area contributed by atoms with Crippen molar-refractivity contribution in [2.75, 3.05) is 16.4 Å². The second-order valence-electron chi connectivity index (χ2n) is 8.61. The highest BCUT2D eigenvalue weighted by atomic mass is 79.9. The van der Waals surface area contributed by atoms with E-state index < -0.39 is 5.91 Å². The van der Waals surface area contributed by atoms with Crippen molar-refractivity contribution in [3.63, 3.8) is 0 Å². The highest BCUT2D eigenvalue weighted by Crippen LogP contribution is 2.23. The topological polar surface area (TPSA) is 87.3 Å². The summed E-state index contributed by atoms with van der Waals surface area (Å²) < 4.78 is 0.935. The first-order chi connectivity index (χ1) is 18.9. The number of aryl methyl sites for hydroxylation is 1. The average Bonchev–Trinajstić information content (AvgIpc) is 2.94. The van der Waals surface area contributed by atoms with Crippen molar-refractivity contribution in [1.29, 1.82) is 0 Å². The maximum absolute atomic E-state index is 13.3.